The number of fused-ring (bicyclic) bond motifs is 1. The molecule has 1 N–H and O–H groups in total. The number of nitro groups is 1. The van der Waals surface area contributed by atoms with Crippen LogP contribution in [0.1, 0.15) is 0 Å². The van der Waals surface area contributed by atoms with E-state index in [9.17, 15) is 18.5 Å². The van der Waals surface area contributed by atoms with E-state index >= 15 is 0 Å². The second-order valence-corrected chi connectivity index (χ2v) is 6.28. The molecule has 0 amide bonds. The van der Waals surface area contributed by atoms with Crippen LogP contribution in [0, 0.1) is 10.1 Å². The lowest BCUT2D eigenvalue weighted by molar-refractivity contribution is -0.384. The maximum Gasteiger partial charge on any atom is 0.269 e. The van der Waals surface area contributed by atoms with Crippen LogP contribution in [0.5, 0.6) is 0 Å². The van der Waals surface area contributed by atoms with Crippen LogP contribution in [-0.4, -0.2) is 23.3 Å². The molecule has 0 saturated carbocycles. The van der Waals surface area contributed by atoms with Gasteiger partial charge in [0, 0.05) is 12.1 Å². The number of nitro benzene ring substituents is 1. The molecule has 2 aromatic carbocycles. The standard InChI is InChI=1S/C14H10N4O4S/c19-18(20)10-5-7-11(8-6-10)23(21,22)17-14-9-15-12-3-1-2-4-13(12)16-14/h1-9H,(H,16,17). The van der Waals surface area contributed by atoms with E-state index in [4.69, 9.17) is 0 Å². The van der Waals surface area contributed by atoms with Crippen LogP contribution in [0.15, 0.2) is 59.6 Å². The van der Waals surface area contributed by atoms with E-state index < -0.39 is 14.9 Å². The van der Waals surface area contributed by atoms with Crippen molar-refractivity contribution in [1.82, 2.24) is 9.97 Å². The van der Waals surface area contributed by atoms with E-state index in [1.807, 2.05) is 0 Å². The zero-order valence-corrected chi connectivity index (χ0v) is 12.4. The number of para-hydroxylation sites is 2. The molecular formula is C14H10N4O4S. The van der Waals surface area contributed by atoms with Gasteiger partial charge in [-0.1, -0.05) is 12.1 Å². The predicted molar refractivity (Wildman–Crippen MR) is 83.4 cm³/mol. The summed E-state index contributed by atoms with van der Waals surface area (Å²) in [5.41, 5.74) is 1.01. The lowest BCUT2D eigenvalue weighted by Crippen LogP contribution is -2.14. The summed E-state index contributed by atoms with van der Waals surface area (Å²) in [6.07, 6.45) is 1.31. The minimum atomic E-state index is -3.90. The quantitative estimate of drug-likeness (QED) is 0.580. The third-order valence-electron chi connectivity index (χ3n) is 3.05. The fourth-order valence-corrected chi connectivity index (χ4v) is 2.94. The maximum atomic E-state index is 12.3. The normalized spacial score (nSPS) is 11.3. The molecule has 116 valence electrons. The molecule has 0 aliphatic heterocycles. The van der Waals surface area contributed by atoms with Crippen molar-refractivity contribution in [2.45, 2.75) is 4.90 Å². The van der Waals surface area contributed by atoms with Gasteiger partial charge < -0.3 is 0 Å². The summed E-state index contributed by atoms with van der Waals surface area (Å²) in [6.45, 7) is 0. The van der Waals surface area contributed by atoms with Crippen molar-refractivity contribution in [3.63, 3.8) is 0 Å². The fourth-order valence-electron chi connectivity index (χ4n) is 1.95. The number of anilines is 1. The Morgan fingerprint density at radius 3 is 2.30 bits per heavy atom. The molecule has 0 bridgehead atoms. The van der Waals surface area contributed by atoms with E-state index in [1.54, 1.807) is 24.3 Å². The zero-order chi connectivity index (χ0) is 16.4. The van der Waals surface area contributed by atoms with Gasteiger partial charge in [0.1, 0.15) is 0 Å². The average molecular weight is 330 g/mol. The molecule has 8 nitrogen and oxygen atoms in total. The fraction of sp³-hybridized carbons (Fsp3) is 0. The molecule has 1 aromatic heterocycles. The molecule has 0 fully saturated rings. The number of hydrogen-bond donors (Lipinski definition) is 1. The number of rotatable bonds is 4. The van der Waals surface area contributed by atoms with Crippen LogP contribution in [-0.2, 0) is 10.0 Å². The molecule has 3 aromatic rings. The molecule has 0 aliphatic carbocycles. The van der Waals surface area contributed by atoms with Gasteiger partial charge in [0.25, 0.3) is 15.7 Å². The minimum Gasteiger partial charge on any atom is -0.262 e. The highest BCUT2D eigenvalue weighted by Gasteiger charge is 2.17. The molecule has 0 atom stereocenters. The van der Waals surface area contributed by atoms with Crippen molar-refractivity contribution in [1.29, 1.82) is 0 Å². The summed E-state index contributed by atoms with van der Waals surface area (Å²) in [4.78, 5) is 18.2. The second-order valence-electron chi connectivity index (χ2n) is 4.60. The predicted octanol–water partition coefficient (Wildman–Crippen LogP) is 2.34. The Morgan fingerprint density at radius 1 is 1.00 bits per heavy atom. The van der Waals surface area contributed by atoms with Crippen LogP contribution in [0.25, 0.3) is 11.0 Å². The van der Waals surface area contributed by atoms with Crippen molar-refractivity contribution < 1.29 is 13.3 Å². The Bertz CT molecular complexity index is 987. The number of aromatic nitrogens is 2. The van der Waals surface area contributed by atoms with Gasteiger partial charge in [-0.25, -0.2) is 13.4 Å². The molecular weight excluding hydrogens is 320 g/mol. The van der Waals surface area contributed by atoms with Gasteiger partial charge in [0.2, 0.25) is 0 Å². The molecule has 23 heavy (non-hydrogen) atoms. The highest BCUT2D eigenvalue weighted by Crippen LogP contribution is 2.19. The average Bonchev–Trinajstić information content (AvgIpc) is 2.54. The smallest absolute Gasteiger partial charge is 0.262 e. The number of non-ortho nitro benzene ring substituents is 1. The molecule has 0 radical (unpaired) electrons. The first-order valence-corrected chi connectivity index (χ1v) is 7.93. The van der Waals surface area contributed by atoms with Crippen molar-refractivity contribution in [3.05, 3.63) is 64.8 Å². The molecule has 9 heteroatoms. The topological polar surface area (TPSA) is 115 Å². The molecule has 3 rings (SSSR count). The first kappa shape index (κ1) is 14.9. The first-order valence-electron chi connectivity index (χ1n) is 6.45. The van der Waals surface area contributed by atoms with Crippen LogP contribution < -0.4 is 4.72 Å². The van der Waals surface area contributed by atoms with E-state index in [0.29, 0.717) is 11.0 Å². The van der Waals surface area contributed by atoms with E-state index in [2.05, 4.69) is 14.7 Å². The van der Waals surface area contributed by atoms with Gasteiger partial charge in [0.15, 0.2) is 5.82 Å². The summed E-state index contributed by atoms with van der Waals surface area (Å²) in [7, 11) is -3.90. The Labute approximate surface area is 131 Å². The summed E-state index contributed by atoms with van der Waals surface area (Å²) in [5, 5.41) is 10.6. The highest BCUT2D eigenvalue weighted by atomic mass is 32.2. The SMILES string of the molecule is O=[N+]([O-])c1ccc(S(=O)(=O)Nc2cnc3ccccc3n2)cc1. The van der Waals surface area contributed by atoms with Crippen LogP contribution in [0.2, 0.25) is 0 Å². The molecule has 0 spiro atoms. The summed E-state index contributed by atoms with van der Waals surface area (Å²) < 4.78 is 26.8. The molecule has 0 aliphatic rings. The van der Waals surface area contributed by atoms with Gasteiger partial charge in [-0.3, -0.25) is 19.8 Å². The monoisotopic (exact) mass is 330 g/mol. The zero-order valence-electron chi connectivity index (χ0n) is 11.6. The maximum absolute atomic E-state index is 12.3. The lowest BCUT2D eigenvalue weighted by atomic mass is 10.3. The van der Waals surface area contributed by atoms with Gasteiger partial charge in [0.05, 0.1) is 27.0 Å². The Morgan fingerprint density at radius 2 is 1.65 bits per heavy atom. The van der Waals surface area contributed by atoms with E-state index in [1.165, 1.54) is 6.20 Å². The third-order valence-corrected chi connectivity index (χ3v) is 4.42. The second kappa shape index (κ2) is 5.61. The molecule has 0 saturated heterocycles. The van der Waals surface area contributed by atoms with Crippen LogP contribution in [0.4, 0.5) is 11.5 Å². The third kappa shape index (κ3) is 3.09. The summed E-state index contributed by atoms with van der Waals surface area (Å²) >= 11 is 0. The van der Waals surface area contributed by atoms with Crippen molar-refractivity contribution in [3.8, 4) is 0 Å². The van der Waals surface area contributed by atoms with Crippen molar-refractivity contribution in [2.75, 3.05) is 4.72 Å². The van der Waals surface area contributed by atoms with E-state index in [-0.39, 0.29) is 16.4 Å². The van der Waals surface area contributed by atoms with Crippen LogP contribution in [0.3, 0.4) is 0 Å². The molecule has 1 heterocycles. The van der Waals surface area contributed by atoms with Gasteiger partial charge in [-0.2, -0.15) is 0 Å². The Kier molecular flexibility index (Phi) is 3.62. The molecule has 0 unspecified atom stereocenters. The number of nitrogens with one attached hydrogen (secondary N) is 1. The van der Waals surface area contributed by atoms with Crippen LogP contribution >= 0.6 is 0 Å². The minimum absolute atomic E-state index is 0.0713. The Balaban J connectivity index is 1.91. The van der Waals surface area contributed by atoms with Gasteiger partial charge in [-0.05, 0) is 24.3 Å². The highest BCUT2D eigenvalue weighted by molar-refractivity contribution is 7.92. The van der Waals surface area contributed by atoms with E-state index in [0.717, 1.165) is 24.3 Å². The Hall–Kier alpha value is -3.07. The number of nitrogens with zero attached hydrogens (tertiary/aromatic N) is 3. The number of benzene rings is 2. The number of hydrogen-bond acceptors (Lipinski definition) is 6. The van der Waals surface area contributed by atoms with Gasteiger partial charge in [-0.15, -0.1) is 0 Å². The van der Waals surface area contributed by atoms with Crippen molar-refractivity contribution >= 4 is 32.6 Å². The first-order chi connectivity index (χ1) is 11.0. The largest absolute Gasteiger partial charge is 0.269 e. The number of sulfonamides is 1. The summed E-state index contributed by atoms with van der Waals surface area (Å²) in [5.74, 6) is 0.0713. The lowest BCUT2D eigenvalue weighted by Gasteiger charge is -2.07. The van der Waals surface area contributed by atoms with Crippen molar-refractivity contribution in [2.24, 2.45) is 0 Å². The summed E-state index contributed by atoms with van der Waals surface area (Å²) in [6, 6.07) is 11.6. The van der Waals surface area contributed by atoms with Gasteiger partial charge >= 0.3 is 0 Å².